The van der Waals surface area contributed by atoms with Crippen LogP contribution in [0, 0.1) is 56.7 Å². The van der Waals surface area contributed by atoms with Crippen LogP contribution in [0.25, 0.3) is 0 Å². The minimum Gasteiger partial charge on any atom is -0.457 e. The molecule has 2 N–H and O–H groups in total. The second-order valence-electron chi connectivity index (χ2n) is 14.9. The van der Waals surface area contributed by atoms with Gasteiger partial charge in [-0.05, 0) is 96.4 Å². The Morgan fingerprint density at radius 3 is 2.38 bits per heavy atom. The van der Waals surface area contributed by atoms with E-state index in [9.17, 15) is 15.0 Å². The summed E-state index contributed by atoms with van der Waals surface area (Å²) < 4.78 is 6.62. The number of hydrogen-bond acceptors (Lipinski definition) is 4. The van der Waals surface area contributed by atoms with Gasteiger partial charge in [-0.3, -0.25) is 4.79 Å². The number of esters is 1. The van der Waals surface area contributed by atoms with E-state index in [1.807, 2.05) is 0 Å². The first-order valence-corrected chi connectivity index (χ1v) is 14.0. The molecule has 6 aliphatic rings. The average Bonchev–Trinajstić information content (AvgIpc) is 2.82. The standard InChI is InChI=1S/C30H46O4/c1-16-8-11-30-13-12-28(6)18(22(30)17(16)2)14-20(34-25(30)33)23-27(5)15-19(31)24(32)26(3,4)21(27)9-10-29(23,28)7/h14,16-17,19-24,31-32H,8-13,15H2,1-7H3/t16-,17+,19-,20?,21?,22?,23?,24+,27+,28-,29-,30+/m1/s1. The van der Waals surface area contributed by atoms with Gasteiger partial charge in [-0.1, -0.05) is 54.0 Å². The Morgan fingerprint density at radius 2 is 1.68 bits per heavy atom. The molecule has 4 unspecified atom stereocenters. The van der Waals surface area contributed by atoms with E-state index >= 15 is 0 Å². The maximum Gasteiger partial charge on any atom is 0.313 e. The summed E-state index contributed by atoms with van der Waals surface area (Å²) in [5.41, 5.74) is 0.656. The van der Waals surface area contributed by atoms with Crippen molar-refractivity contribution in [2.75, 3.05) is 0 Å². The van der Waals surface area contributed by atoms with Crippen molar-refractivity contribution in [3.05, 3.63) is 11.6 Å². The third-order valence-corrected chi connectivity index (χ3v) is 13.5. The number of aliphatic hydroxyl groups excluding tert-OH is 2. The van der Waals surface area contributed by atoms with Crippen LogP contribution in [0.5, 0.6) is 0 Å². The van der Waals surface area contributed by atoms with E-state index in [2.05, 4.69) is 54.5 Å². The quantitative estimate of drug-likeness (QED) is 0.362. The van der Waals surface area contributed by atoms with E-state index in [1.165, 1.54) is 5.57 Å². The molecule has 190 valence electrons. The summed E-state index contributed by atoms with van der Waals surface area (Å²) in [5.74, 6) is 1.91. The molecule has 0 aromatic rings. The molecule has 0 spiro atoms. The molecule has 12 atom stereocenters. The maximum absolute atomic E-state index is 14.1. The van der Waals surface area contributed by atoms with Gasteiger partial charge in [0, 0.05) is 5.92 Å². The number of aliphatic hydroxyl groups is 2. The molecule has 6 rings (SSSR count). The summed E-state index contributed by atoms with van der Waals surface area (Å²) in [4.78, 5) is 14.1. The van der Waals surface area contributed by atoms with Crippen LogP contribution in [0.15, 0.2) is 11.6 Å². The Bertz CT molecular complexity index is 953. The van der Waals surface area contributed by atoms with Crippen molar-refractivity contribution in [1.29, 1.82) is 0 Å². The molecule has 4 fully saturated rings. The third kappa shape index (κ3) is 2.42. The van der Waals surface area contributed by atoms with Crippen LogP contribution in [0.4, 0.5) is 0 Å². The van der Waals surface area contributed by atoms with Crippen LogP contribution >= 0.6 is 0 Å². The molecular formula is C30H46O4. The van der Waals surface area contributed by atoms with Gasteiger partial charge in [0.25, 0.3) is 0 Å². The first-order chi connectivity index (χ1) is 15.7. The molecule has 1 aliphatic heterocycles. The van der Waals surface area contributed by atoms with Gasteiger partial charge in [0.2, 0.25) is 0 Å². The second-order valence-corrected chi connectivity index (χ2v) is 14.9. The Hall–Kier alpha value is -0.870. The summed E-state index contributed by atoms with van der Waals surface area (Å²) >= 11 is 0. The molecule has 0 aromatic carbocycles. The number of carbonyl (C=O) groups excluding carboxylic acids is 1. The Balaban J connectivity index is 1.56. The summed E-state index contributed by atoms with van der Waals surface area (Å²) in [6.45, 7) is 16.4. The van der Waals surface area contributed by atoms with E-state index in [1.54, 1.807) is 0 Å². The predicted octanol–water partition coefficient (Wildman–Crippen LogP) is 5.51. The predicted molar refractivity (Wildman–Crippen MR) is 132 cm³/mol. The molecule has 4 heteroatoms. The van der Waals surface area contributed by atoms with Gasteiger partial charge < -0.3 is 14.9 Å². The number of rotatable bonds is 0. The van der Waals surface area contributed by atoms with Crippen molar-refractivity contribution < 1.29 is 19.7 Å². The lowest BCUT2D eigenvalue weighted by atomic mass is 9.33. The van der Waals surface area contributed by atoms with Gasteiger partial charge in [0.1, 0.15) is 6.10 Å². The van der Waals surface area contributed by atoms with E-state index in [0.717, 1.165) is 38.5 Å². The lowest BCUT2D eigenvalue weighted by molar-refractivity contribution is -0.244. The highest BCUT2D eigenvalue weighted by Crippen LogP contribution is 2.77. The van der Waals surface area contributed by atoms with Crippen LogP contribution in [0.3, 0.4) is 0 Å². The van der Waals surface area contributed by atoms with Crippen LogP contribution in [0.1, 0.15) is 93.4 Å². The van der Waals surface area contributed by atoms with Crippen molar-refractivity contribution in [2.24, 2.45) is 56.7 Å². The molecule has 1 heterocycles. The van der Waals surface area contributed by atoms with Gasteiger partial charge in [-0.2, -0.15) is 0 Å². The average molecular weight is 471 g/mol. The summed E-state index contributed by atoms with van der Waals surface area (Å²) in [7, 11) is 0. The zero-order chi connectivity index (χ0) is 24.6. The zero-order valence-corrected chi connectivity index (χ0v) is 22.4. The van der Waals surface area contributed by atoms with E-state index in [0.29, 0.717) is 24.2 Å². The Labute approximate surface area is 205 Å². The summed E-state index contributed by atoms with van der Waals surface area (Å²) in [5, 5.41) is 22.1. The third-order valence-electron chi connectivity index (χ3n) is 13.5. The lowest BCUT2D eigenvalue weighted by Gasteiger charge is -2.71. The normalized spacial score (nSPS) is 59.7. The topological polar surface area (TPSA) is 66.8 Å². The van der Waals surface area contributed by atoms with Gasteiger partial charge in [0.05, 0.1) is 17.6 Å². The molecule has 0 amide bonds. The van der Waals surface area contributed by atoms with Crippen molar-refractivity contribution in [1.82, 2.24) is 0 Å². The highest BCUT2D eigenvalue weighted by atomic mass is 16.5. The van der Waals surface area contributed by atoms with Crippen LogP contribution < -0.4 is 0 Å². The molecule has 34 heavy (non-hydrogen) atoms. The Kier molecular flexibility index (Phi) is 4.64. The van der Waals surface area contributed by atoms with Crippen molar-refractivity contribution in [2.45, 2.75) is 112 Å². The number of allylic oxidation sites excluding steroid dienone is 1. The first-order valence-electron chi connectivity index (χ1n) is 14.0. The smallest absolute Gasteiger partial charge is 0.313 e. The fourth-order valence-corrected chi connectivity index (χ4v) is 11.4. The van der Waals surface area contributed by atoms with Gasteiger partial charge in [0.15, 0.2) is 0 Å². The monoisotopic (exact) mass is 470 g/mol. The minimum atomic E-state index is -0.739. The fraction of sp³-hybridized carbons (Fsp3) is 0.900. The van der Waals surface area contributed by atoms with E-state index in [-0.39, 0.29) is 51.0 Å². The zero-order valence-electron chi connectivity index (χ0n) is 22.4. The number of ether oxygens (including phenoxy) is 1. The molecule has 3 bridgehead atoms. The lowest BCUT2D eigenvalue weighted by Crippen LogP contribution is -2.68. The molecule has 5 aliphatic carbocycles. The van der Waals surface area contributed by atoms with Crippen molar-refractivity contribution in [3.63, 3.8) is 0 Å². The van der Waals surface area contributed by atoms with Gasteiger partial charge >= 0.3 is 5.97 Å². The number of hydrogen-bond donors (Lipinski definition) is 2. The van der Waals surface area contributed by atoms with Crippen LogP contribution in [-0.2, 0) is 9.53 Å². The number of carbonyl (C=O) groups is 1. The van der Waals surface area contributed by atoms with Crippen molar-refractivity contribution in [3.8, 4) is 0 Å². The van der Waals surface area contributed by atoms with E-state index < -0.39 is 12.2 Å². The molecule has 4 nitrogen and oxygen atoms in total. The highest BCUT2D eigenvalue weighted by Gasteiger charge is 2.74. The van der Waals surface area contributed by atoms with Gasteiger partial charge in [-0.25, -0.2) is 0 Å². The largest absolute Gasteiger partial charge is 0.457 e. The minimum absolute atomic E-state index is 0.00226. The van der Waals surface area contributed by atoms with Gasteiger partial charge in [-0.15, -0.1) is 0 Å². The molecule has 0 saturated heterocycles. The SMILES string of the molecule is C[C@@H]1CC[C@@]23CC[C@]4(C)C(=CC(OC2=O)C2[C@@]5(C)C[C@@H](O)[C@H](O)C(C)(C)C5CC[C@]24C)C3[C@H]1C. The van der Waals surface area contributed by atoms with Crippen LogP contribution in [-0.4, -0.2) is 34.5 Å². The second kappa shape index (κ2) is 6.71. The molecule has 4 saturated carbocycles. The number of fused-ring (bicyclic) bond motifs is 6. The maximum atomic E-state index is 14.1. The summed E-state index contributed by atoms with van der Waals surface area (Å²) in [6.07, 6.45) is 7.55. The summed E-state index contributed by atoms with van der Waals surface area (Å²) in [6, 6.07) is 0. The molecule has 0 radical (unpaired) electrons. The highest BCUT2D eigenvalue weighted by molar-refractivity contribution is 5.80. The Morgan fingerprint density at radius 1 is 0.971 bits per heavy atom. The molecular weight excluding hydrogens is 424 g/mol. The first kappa shape index (κ1) is 23.5. The van der Waals surface area contributed by atoms with Crippen LogP contribution in [0.2, 0.25) is 0 Å². The fourth-order valence-electron chi connectivity index (χ4n) is 11.4. The molecule has 0 aromatic heterocycles. The van der Waals surface area contributed by atoms with Crippen molar-refractivity contribution >= 4 is 5.97 Å². The van der Waals surface area contributed by atoms with E-state index in [4.69, 9.17) is 4.74 Å².